The molecule has 0 fully saturated rings. The highest BCUT2D eigenvalue weighted by Crippen LogP contribution is 2.32. The molecular weight excluding hydrogens is 398 g/mol. The highest BCUT2D eigenvalue weighted by atomic mass is 19.1. The number of halogens is 2. The molecule has 2 heterocycles. The van der Waals surface area contributed by atoms with Crippen LogP contribution in [0.5, 0.6) is 0 Å². The van der Waals surface area contributed by atoms with Gasteiger partial charge in [0.25, 0.3) is 0 Å². The van der Waals surface area contributed by atoms with E-state index in [0.717, 1.165) is 5.56 Å². The molecule has 0 unspecified atom stereocenters. The minimum absolute atomic E-state index is 0.337. The lowest BCUT2D eigenvalue weighted by atomic mass is 10.0. The van der Waals surface area contributed by atoms with Crippen molar-refractivity contribution >= 4 is 11.0 Å². The summed E-state index contributed by atoms with van der Waals surface area (Å²) in [7, 11) is 0. The van der Waals surface area contributed by atoms with Gasteiger partial charge in [-0.2, -0.15) is 0 Å². The maximum Gasteiger partial charge on any atom is 0.247 e. The van der Waals surface area contributed by atoms with E-state index in [-0.39, 0.29) is 11.6 Å². The van der Waals surface area contributed by atoms with Gasteiger partial charge in [0.05, 0.1) is 22.4 Å². The van der Waals surface area contributed by atoms with E-state index in [9.17, 15) is 8.78 Å². The van der Waals surface area contributed by atoms with Gasteiger partial charge in [-0.15, -0.1) is 10.2 Å². The molecule has 0 atom stereocenters. The first-order valence-electron chi connectivity index (χ1n) is 9.77. The van der Waals surface area contributed by atoms with Crippen molar-refractivity contribution in [3.63, 3.8) is 0 Å². The fourth-order valence-electron chi connectivity index (χ4n) is 3.32. The Morgan fingerprint density at radius 1 is 0.677 bits per heavy atom. The molecule has 0 spiro atoms. The molecule has 0 saturated carbocycles. The monoisotopic (exact) mass is 414 g/mol. The van der Waals surface area contributed by atoms with Gasteiger partial charge in [-0.05, 0) is 66.7 Å². The molecule has 31 heavy (non-hydrogen) atoms. The van der Waals surface area contributed by atoms with Crippen molar-refractivity contribution in [1.82, 2.24) is 20.2 Å². The first-order valence-corrected chi connectivity index (χ1v) is 9.77. The molecule has 0 N–H and O–H groups in total. The smallest absolute Gasteiger partial charge is 0.247 e. The van der Waals surface area contributed by atoms with Crippen molar-refractivity contribution in [2.75, 3.05) is 0 Å². The van der Waals surface area contributed by atoms with Gasteiger partial charge in [0.1, 0.15) is 11.6 Å². The second-order valence-electron chi connectivity index (χ2n) is 6.99. The van der Waals surface area contributed by atoms with Crippen LogP contribution in [0.2, 0.25) is 0 Å². The SMILES string of the molecule is CCc1nnc(-c2ccc3nc(-c4ccc(F)cc4)c(-c4ccc(F)cc4)nc3c2)o1. The van der Waals surface area contributed by atoms with Crippen LogP contribution in [-0.4, -0.2) is 20.2 Å². The fraction of sp³-hybridized carbons (Fsp3) is 0.0833. The minimum Gasteiger partial charge on any atom is -0.421 e. The molecule has 0 saturated heterocycles. The van der Waals surface area contributed by atoms with Crippen molar-refractivity contribution in [2.45, 2.75) is 13.3 Å². The summed E-state index contributed by atoms with van der Waals surface area (Å²) in [5.41, 5.74) is 4.57. The molecular formula is C24H16F2N4O. The van der Waals surface area contributed by atoms with Crippen LogP contribution in [0.3, 0.4) is 0 Å². The lowest BCUT2D eigenvalue weighted by molar-refractivity contribution is 0.513. The number of aryl methyl sites for hydroxylation is 1. The van der Waals surface area contributed by atoms with E-state index in [2.05, 4.69) is 10.2 Å². The summed E-state index contributed by atoms with van der Waals surface area (Å²) in [5.74, 6) is 0.286. The van der Waals surface area contributed by atoms with Crippen LogP contribution in [0, 0.1) is 11.6 Å². The Hall–Kier alpha value is -4.00. The summed E-state index contributed by atoms with van der Waals surface area (Å²) in [6.07, 6.45) is 0.649. The van der Waals surface area contributed by atoms with Crippen LogP contribution in [0.15, 0.2) is 71.1 Å². The van der Waals surface area contributed by atoms with E-state index in [0.29, 0.717) is 51.8 Å². The average Bonchev–Trinajstić information content (AvgIpc) is 3.28. The van der Waals surface area contributed by atoms with Crippen molar-refractivity contribution in [2.24, 2.45) is 0 Å². The van der Waals surface area contributed by atoms with Crippen molar-refractivity contribution in [1.29, 1.82) is 0 Å². The van der Waals surface area contributed by atoms with Gasteiger partial charge in [-0.3, -0.25) is 0 Å². The first kappa shape index (κ1) is 19.0. The lowest BCUT2D eigenvalue weighted by Gasteiger charge is -2.11. The number of nitrogens with zero attached hydrogens (tertiary/aromatic N) is 4. The zero-order chi connectivity index (χ0) is 21.4. The lowest BCUT2D eigenvalue weighted by Crippen LogP contribution is -1.96. The normalized spacial score (nSPS) is 11.2. The van der Waals surface area contributed by atoms with Crippen molar-refractivity contribution < 1.29 is 13.2 Å². The van der Waals surface area contributed by atoms with E-state index >= 15 is 0 Å². The molecule has 0 radical (unpaired) electrons. The van der Waals surface area contributed by atoms with E-state index in [1.165, 1.54) is 24.3 Å². The third kappa shape index (κ3) is 3.66. The van der Waals surface area contributed by atoms with Crippen LogP contribution in [0.4, 0.5) is 8.78 Å². The summed E-state index contributed by atoms with van der Waals surface area (Å²) in [6.45, 7) is 1.94. The summed E-state index contributed by atoms with van der Waals surface area (Å²) in [4.78, 5) is 9.60. The van der Waals surface area contributed by atoms with Gasteiger partial charge in [0.15, 0.2) is 0 Å². The number of hydrogen-bond acceptors (Lipinski definition) is 5. The zero-order valence-electron chi connectivity index (χ0n) is 16.5. The molecule has 0 aliphatic rings. The maximum atomic E-state index is 13.5. The average molecular weight is 414 g/mol. The Labute approximate surface area is 176 Å². The van der Waals surface area contributed by atoms with Crippen molar-refractivity contribution in [3.05, 3.63) is 84.3 Å². The third-order valence-corrected chi connectivity index (χ3v) is 4.92. The first-order chi connectivity index (χ1) is 15.1. The van der Waals surface area contributed by atoms with Crippen molar-refractivity contribution in [3.8, 4) is 34.0 Å². The summed E-state index contributed by atoms with van der Waals surface area (Å²) in [5, 5.41) is 8.09. The second-order valence-corrected chi connectivity index (χ2v) is 6.99. The molecule has 2 aromatic heterocycles. The fourth-order valence-corrected chi connectivity index (χ4v) is 3.32. The molecule has 0 bridgehead atoms. The van der Waals surface area contributed by atoms with Gasteiger partial charge < -0.3 is 4.42 Å². The third-order valence-electron chi connectivity index (χ3n) is 4.92. The van der Waals surface area contributed by atoms with Gasteiger partial charge in [0.2, 0.25) is 11.8 Å². The number of hydrogen-bond donors (Lipinski definition) is 0. The molecule has 5 nitrogen and oxygen atoms in total. The Bertz CT molecular complexity index is 1380. The Morgan fingerprint density at radius 2 is 1.23 bits per heavy atom. The molecule has 0 aliphatic heterocycles. The predicted octanol–water partition coefficient (Wildman–Crippen LogP) is 5.85. The number of fused-ring (bicyclic) bond motifs is 1. The van der Waals surface area contributed by atoms with Crippen LogP contribution >= 0.6 is 0 Å². The summed E-state index contributed by atoms with van der Waals surface area (Å²) in [6, 6.07) is 17.6. The van der Waals surface area contributed by atoms with E-state index in [1.807, 2.05) is 25.1 Å². The summed E-state index contributed by atoms with van der Waals surface area (Å²) < 4.78 is 32.6. The predicted molar refractivity (Wildman–Crippen MR) is 113 cm³/mol. The zero-order valence-corrected chi connectivity index (χ0v) is 16.5. The summed E-state index contributed by atoms with van der Waals surface area (Å²) >= 11 is 0. The van der Waals surface area contributed by atoms with Gasteiger partial charge in [0, 0.05) is 23.1 Å². The molecule has 0 aliphatic carbocycles. The Morgan fingerprint density at radius 3 is 1.77 bits per heavy atom. The molecule has 0 amide bonds. The largest absolute Gasteiger partial charge is 0.421 e. The van der Waals surface area contributed by atoms with Crippen LogP contribution in [0.1, 0.15) is 12.8 Å². The second kappa shape index (κ2) is 7.68. The molecule has 5 rings (SSSR count). The van der Waals surface area contributed by atoms with E-state index < -0.39 is 0 Å². The highest BCUT2D eigenvalue weighted by molar-refractivity contribution is 5.88. The Kier molecular flexibility index (Phi) is 4.71. The molecule has 5 aromatic rings. The topological polar surface area (TPSA) is 64.7 Å². The van der Waals surface area contributed by atoms with Crippen LogP contribution in [0.25, 0.3) is 45.0 Å². The van der Waals surface area contributed by atoms with Crippen LogP contribution in [-0.2, 0) is 6.42 Å². The van der Waals surface area contributed by atoms with Gasteiger partial charge in [-0.1, -0.05) is 6.92 Å². The van der Waals surface area contributed by atoms with Crippen LogP contribution < -0.4 is 0 Å². The minimum atomic E-state index is -0.341. The maximum absolute atomic E-state index is 13.5. The quantitative estimate of drug-likeness (QED) is 0.369. The number of benzene rings is 3. The standard InChI is InChI=1S/C24H16F2N4O/c1-2-21-29-30-24(31-21)16-7-12-19-20(13-16)28-23(15-5-10-18(26)11-6-15)22(27-19)14-3-8-17(25)9-4-14/h3-13H,2H2,1H3. The number of aromatic nitrogens is 4. The van der Waals surface area contributed by atoms with Gasteiger partial charge in [-0.25, -0.2) is 18.7 Å². The highest BCUT2D eigenvalue weighted by Gasteiger charge is 2.15. The molecule has 152 valence electrons. The molecule has 7 heteroatoms. The van der Waals surface area contributed by atoms with Gasteiger partial charge >= 0.3 is 0 Å². The number of rotatable bonds is 4. The van der Waals surface area contributed by atoms with E-state index in [4.69, 9.17) is 14.4 Å². The Balaban J connectivity index is 1.71. The van der Waals surface area contributed by atoms with E-state index in [1.54, 1.807) is 24.3 Å². The molecule has 3 aromatic carbocycles.